The molecule has 0 saturated heterocycles. The van der Waals surface area contributed by atoms with Crippen molar-refractivity contribution in [1.82, 2.24) is 9.97 Å². The molecule has 0 N–H and O–H groups in total. The Hall–Kier alpha value is -5.82. The fourth-order valence-electron chi connectivity index (χ4n) is 5.50. The van der Waals surface area contributed by atoms with E-state index in [0.29, 0.717) is 22.9 Å². The first-order valence-electron chi connectivity index (χ1n) is 14.8. The molecule has 7 aromatic rings. The fourth-order valence-corrected chi connectivity index (χ4v) is 5.50. The van der Waals surface area contributed by atoms with Crippen molar-refractivity contribution in [3.8, 4) is 11.8 Å². The number of hydrogen-bond donors (Lipinski definition) is 0. The Balaban J connectivity index is 0.931. The van der Waals surface area contributed by atoms with Gasteiger partial charge in [0.15, 0.2) is 5.78 Å². The van der Waals surface area contributed by atoms with Gasteiger partial charge < -0.3 is 14.2 Å². The summed E-state index contributed by atoms with van der Waals surface area (Å²) < 4.78 is 17.3. The van der Waals surface area contributed by atoms with Gasteiger partial charge in [-0.1, -0.05) is 84.9 Å². The van der Waals surface area contributed by atoms with Crippen LogP contribution in [-0.4, -0.2) is 41.5 Å². The normalized spacial score (nSPS) is 11.2. The van der Waals surface area contributed by atoms with Crippen LogP contribution >= 0.6 is 0 Å². The molecule has 0 spiro atoms. The van der Waals surface area contributed by atoms with Gasteiger partial charge in [-0.25, -0.2) is 14.8 Å². The van der Waals surface area contributed by atoms with Crippen molar-refractivity contribution in [3.05, 3.63) is 132 Å². The molecule has 7 heteroatoms. The molecule has 45 heavy (non-hydrogen) atoms. The molecular weight excluding hydrogens is 564 g/mol. The Morgan fingerprint density at radius 2 is 0.911 bits per heavy atom. The van der Waals surface area contributed by atoms with E-state index in [2.05, 4.69) is 9.97 Å². The van der Waals surface area contributed by atoms with Crippen molar-refractivity contribution in [2.24, 2.45) is 0 Å². The molecule has 0 amide bonds. The number of ether oxygens (including phenoxy) is 3. The van der Waals surface area contributed by atoms with Crippen LogP contribution in [0, 0.1) is 0 Å². The highest BCUT2D eigenvalue weighted by Crippen LogP contribution is 2.31. The molecule has 7 rings (SSSR count). The number of carbonyl (C=O) groups is 2. The highest BCUT2D eigenvalue weighted by Gasteiger charge is 2.14. The lowest BCUT2D eigenvalue weighted by molar-refractivity contribution is 0.0448. The highest BCUT2D eigenvalue weighted by molar-refractivity contribution is 6.08. The first-order valence-corrected chi connectivity index (χ1v) is 14.8. The minimum atomic E-state index is -0.494. The third-order valence-electron chi connectivity index (χ3n) is 7.71. The quantitative estimate of drug-likeness (QED) is 0.0689. The summed E-state index contributed by atoms with van der Waals surface area (Å²) in [5, 5.41) is 6.01. The van der Waals surface area contributed by atoms with Gasteiger partial charge in [0, 0.05) is 33.5 Å². The summed E-state index contributed by atoms with van der Waals surface area (Å²) in [4.78, 5) is 34.9. The minimum Gasteiger partial charge on any atom is -0.477 e. The Morgan fingerprint density at radius 3 is 1.47 bits per heavy atom. The van der Waals surface area contributed by atoms with Crippen LogP contribution in [0.5, 0.6) is 11.8 Å². The molecule has 0 aliphatic carbocycles. The van der Waals surface area contributed by atoms with Gasteiger partial charge in [-0.2, -0.15) is 0 Å². The summed E-state index contributed by atoms with van der Waals surface area (Å²) in [7, 11) is 0. The number of ketones is 1. The van der Waals surface area contributed by atoms with Crippen molar-refractivity contribution in [2.45, 2.75) is 6.42 Å². The predicted octanol–water partition coefficient (Wildman–Crippen LogP) is 7.98. The summed E-state index contributed by atoms with van der Waals surface area (Å²) in [6.07, 6.45) is 0.168. The maximum Gasteiger partial charge on any atom is 0.338 e. The van der Waals surface area contributed by atoms with E-state index in [4.69, 9.17) is 14.2 Å². The van der Waals surface area contributed by atoms with Crippen LogP contribution in [0.2, 0.25) is 0 Å². The molecule has 0 saturated carbocycles. The lowest BCUT2D eigenvalue weighted by atomic mass is 10.1. The van der Waals surface area contributed by atoms with Crippen molar-refractivity contribution in [2.75, 3.05) is 19.8 Å². The van der Waals surface area contributed by atoms with Gasteiger partial charge in [-0.15, -0.1) is 0 Å². The van der Waals surface area contributed by atoms with Gasteiger partial charge >= 0.3 is 5.97 Å². The lowest BCUT2D eigenvalue weighted by Crippen LogP contribution is -2.13. The van der Waals surface area contributed by atoms with Gasteiger partial charge in [0.05, 0.1) is 23.2 Å². The molecule has 0 fully saturated rings. The van der Waals surface area contributed by atoms with Gasteiger partial charge in [-0.3, -0.25) is 4.79 Å². The van der Waals surface area contributed by atoms with Crippen molar-refractivity contribution in [3.63, 3.8) is 0 Å². The zero-order valence-electron chi connectivity index (χ0n) is 24.3. The third kappa shape index (κ3) is 5.76. The average Bonchev–Trinajstić information content (AvgIpc) is 3.10. The topological polar surface area (TPSA) is 87.6 Å². The van der Waals surface area contributed by atoms with Crippen LogP contribution in [0.3, 0.4) is 0 Å². The number of aromatic nitrogens is 2. The summed E-state index contributed by atoms with van der Waals surface area (Å²) in [6, 6.07) is 38.1. The van der Waals surface area contributed by atoms with Gasteiger partial charge in [-0.05, 0) is 47.2 Å². The summed E-state index contributed by atoms with van der Waals surface area (Å²) >= 11 is 0. The molecule has 0 bridgehead atoms. The zero-order chi connectivity index (χ0) is 30.6. The number of fused-ring (bicyclic) bond motifs is 6. The number of pyridine rings is 2. The molecule has 0 radical (unpaired) electrons. The standard InChI is InChI=1S/C38H28N2O5/c41-35(21-22-43-36-31-13-3-1-9-27(31)29-11-5-7-15-33(29)39-36)25-17-19-26(20-18-25)38(42)45-24-23-44-37-32-14-4-2-10-28(32)30-12-6-8-16-34(30)40-37/h1-20H,21-24H2. The molecule has 0 aliphatic heterocycles. The maximum absolute atomic E-state index is 12.9. The van der Waals surface area contributed by atoms with E-state index >= 15 is 0 Å². The Kier molecular flexibility index (Phi) is 7.72. The largest absolute Gasteiger partial charge is 0.477 e. The molecule has 0 atom stereocenters. The van der Waals surface area contributed by atoms with Crippen LogP contribution in [0.15, 0.2) is 121 Å². The lowest BCUT2D eigenvalue weighted by Gasteiger charge is -2.11. The van der Waals surface area contributed by atoms with Crippen LogP contribution < -0.4 is 9.47 Å². The van der Waals surface area contributed by atoms with E-state index in [9.17, 15) is 9.59 Å². The van der Waals surface area contributed by atoms with E-state index in [1.807, 2.05) is 97.1 Å². The van der Waals surface area contributed by atoms with Crippen molar-refractivity contribution in [1.29, 1.82) is 0 Å². The SMILES string of the molecule is O=C(CCOc1nc2ccccc2c2ccccc12)c1ccc(C(=O)OCCOc2nc3ccccc3c3ccccc23)cc1. The van der Waals surface area contributed by atoms with Crippen LogP contribution in [0.25, 0.3) is 43.4 Å². The first kappa shape index (κ1) is 28.0. The van der Waals surface area contributed by atoms with E-state index in [1.165, 1.54) is 0 Å². The molecule has 220 valence electrons. The molecule has 7 nitrogen and oxygen atoms in total. The summed E-state index contributed by atoms with van der Waals surface area (Å²) in [5.74, 6) is 0.413. The maximum atomic E-state index is 12.9. The van der Waals surface area contributed by atoms with Crippen molar-refractivity contribution < 1.29 is 23.8 Å². The second kappa shape index (κ2) is 12.4. The smallest absolute Gasteiger partial charge is 0.338 e. The monoisotopic (exact) mass is 592 g/mol. The van der Waals surface area contributed by atoms with E-state index in [1.54, 1.807) is 24.3 Å². The highest BCUT2D eigenvalue weighted by atomic mass is 16.6. The molecule has 2 heterocycles. The molecular formula is C38H28N2O5. The van der Waals surface area contributed by atoms with Crippen LogP contribution in [0.1, 0.15) is 27.1 Å². The zero-order valence-corrected chi connectivity index (χ0v) is 24.3. The number of Topliss-reactive ketones (excluding diaryl/α,β-unsaturated/α-hetero) is 1. The summed E-state index contributed by atoms with van der Waals surface area (Å²) in [6.45, 7) is 0.384. The average molecular weight is 593 g/mol. The number of rotatable bonds is 10. The Bertz CT molecular complexity index is 2190. The number of benzene rings is 5. The van der Waals surface area contributed by atoms with Gasteiger partial charge in [0.1, 0.15) is 13.2 Å². The second-order valence-corrected chi connectivity index (χ2v) is 10.5. The number of nitrogens with zero attached hydrogens (tertiary/aromatic N) is 2. The number of para-hydroxylation sites is 2. The Morgan fingerprint density at radius 1 is 0.467 bits per heavy atom. The molecule has 5 aromatic carbocycles. The van der Waals surface area contributed by atoms with Gasteiger partial charge in [0.25, 0.3) is 0 Å². The third-order valence-corrected chi connectivity index (χ3v) is 7.71. The van der Waals surface area contributed by atoms with Crippen LogP contribution in [-0.2, 0) is 4.74 Å². The van der Waals surface area contributed by atoms with Crippen LogP contribution in [0.4, 0.5) is 0 Å². The molecule has 0 unspecified atom stereocenters. The molecule has 0 aliphatic rings. The molecule has 2 aromatic heterocycles. The minimum absolute atomic E-state index is 0.0528. The number of hydrogen-bond acceptors (Lipinski definition) is 7. The summed E-state index contributed by atoms with van der Waals surface area (Å²) in [5.41, 5.74) is 2.52. The first-order chi connectivity index (χ1) is 22.2. The van der Waals surface area contributed by atoms with E-state index in [0.717, 1.165) is 43.4 Å². The van der Waals surface area contributed by atoms with E-state index < -0.39 is 5.97 Å². The second-order valence-electron chi connectivity index (χ2n) is 10.5. The van der Waals surface area contributed by atoms with Gasteiger partial charge in [0.2, 0.25) is 11.8 Å². The van der Waals surface area contributed by atoms with E-state index in [-0.39, 0.29) is 32.0 Å². The Labute approximate surface area is 259 Å². The van der Waals surface area contributed by atoms with Crippen molar-refractivity contribution >= 4 is 55.1 Å². The fraction of sp³-hybridized carbons (Fsp3) is 0.105. The predicted molar refractivity (Wildman–Crippen MR) is 175 cm³/mol. The number of carbonyl (C=O) groups excluding carboxylic acids is 2. The number of esters is 1.